The van der Waals surface area contributed by atoms with Gasteiger partial charge in [-0.05, 0) is 64.0 Å². The van der Waals surface area contributed by atoms with Crippen LogP contribution in [0.25, 0.3) is 5.70 Å². The lowest BCUT2D eigenvalue weighted by molar-refractivity contribution is -0.114. The van der Waals surface area contributed by atoms with E-state index in [1.54, 1.807) is 0 Å². The maximum absolute atomic E-state index is 11.2. The van der Waals surface area contributed by atoms with Gasteiger partial charge in [0, 0.05) is 23.3 Å². The number of likely N-dealkylation sites (tertiary alicyclic amines) is 1. The summed E-state index contributed by atoms with van der Waals surface area (Å²) in [5.74, 6) is -0.528. The fourth-order valence-electron chi connectivity index (χ4n) is 2.70. The standard InChI is InChI=1S/C11H11N3O2.C5H11N.C5H13N/c1-6-2-3-7-9(14-6)4-8(11(12)16)10(7)13-5-15;1-6-4-2-3-5-6;1-5(2,3)4-6/h2-3,5H,4H2,1H3,(H2,12,16)(H,13,15);2-5H2,1H3;4,6H2,1-3H3. The van der Waals surface area contributed by atoms with Crippen LogP contribution < -0.4 is 16.8 Å². The number of hydrogen-bond acceptors (Lipinski definition) is 5. The summed E-state index contributed by atoms with van der Waals surface area (Å²) in [7, 11) is 2.17. The van der Waals surface area contributed by atoms with Crippen molar-refractivity contribution in [3.05, 3.63) is 34.7 Å². The molecule has 2 amide bonds. The number of nitrogens with zero attached hydrogens (tertiary/aromatic N) is 2. The molecule has 1 fully saturated rings. The minimum atomic E-state index is -0.528. The van der Waals surface area contributed by atoms with Crippen molar-refractivity contribution in [3.8, 4) is 0 Å². The van der Waals surface area contributed by atoms with E-state index < -0.39 is 5.91 Å². The predicted octanol–water partition coefficient (Wildman–Crippen LogP) is 1.59. The van der Waals surface area contributed by atoms with Crippen molar-refractivity contribution in [1.29, 1.82) is 0 Å². The monoisotopic (exact) mass is 389 g/mol. The van der Waals surface area contributed by atoms with Crippen molar-refractivity contribution in [2.45, 2.75) is 47.0 Å². The second kappa shape index (κ2) is 10.9. The Hall–Kier alpha value is -2.25. The Labute approximate surface area is 168 Å². The third-order valence-electron chi connectivity index (χ3n) is 4.47. The lowest BCUT2D eigenvalue weighted by Crippen LogP contribution is -2.19. The summed E-state index contributed by atoms with van der Waals surface area (Å²) < 4.78 is 0. The SMILES string of the molecule is CC(C)(C)CN.CN1CCCC1.Cc1ccc2c(n1)CC(C(N)=O)=C2NC=O. The molecule has 1 aromatic heterocycles. The predicted molar refractivity (Wildman–Crippen MR) is 113 cm³/mol. The van der Waals surface area contributed by atoms with Crippen LogP contribution in [-0.4, -0.2) is 48.9 Å². The van der Waals surface area contributed by atoms with Crippen molar-refractivity contribution in [1.82, 2.24) is 15.2 Å². The van der Waals surface area contributed by atoms with E-state index in [0.29, 0.717) is 29.5 Å². The van der Waals surface area contributed by atoms with E-state index in [4.69, 9.17) is 11.5 Å². The Bertz CT molecular complexity index is 701. The van der Waals surface area contributed by atoms with E-state index in [-0.39, 0.29) is 0 Å². The summed E-state index contributed by atoms with van der Waals surface area (Å²) in [5.41, 5.74) is 14.2. The number of primary amides is 1. The normalized spacial score (nSPS) is 15.8. The molecule has 2 aliphatic rings. The maximum Gasteiger partial charge on any atom is 0.247 e. The molecule has 0 atom stereocenters. The molecule has 7 heteroatoms. The highest BCUT2D eigenvalue weighted by molar-refractivity contribution is 6.03. The number of rotatable bonds is 3. The Morgan fingerprint density at radius 3 is 2.25 bits per heavy atom. The molecule has 1 aliphatic heterocycles. The quantitative estimate of drug-likeness (QED) is 0.679. The topological polar surface area (TPSA) is 114 Å². The Morgan fingerprint density at radius 1 is 1.29 bits per heavy atom. The largest absolute Gasteiger partial charge is 0.366 e. The molecule has 3 rings (SSSR count). The van der Waals surface area contributed by atoms with Gasteiger partial charge in [0.15, 0.2) is 0 Å². The molecule has 28 heavy (non-hydrogen) atoms. The van der Waals surface area contributed by atoms with E-state index in [1.165, 1.54) is 25.9 Å². The molecule has 0 spiro atoms. The number of fused-ring (bicyclic) bond motifs is 1. The van der Waals surface area contributed by atoms with E-state index in [2.05, 4.69) is 43.0 Å². The second-order valence-corrected chi connectivity index (χ2v) is 8.38. The van der Waals surface area contributed by atoms with Gasteiger partial charge in [-0.15, -0.1) is 0 Å². The van der Waals surface area contributed by atoms with Crippen LogP contribution in [0.1, 0.15) is 50.6 Å². The summed E-state index contributed by atoms with van der Waals surface area (Å²) in [5, 5.41) is 2.51. The first-order valence-electron chi connectivity index (χ1n) is 9.67. The molecule has 1 saturated heterocycles. The first-order valence-corrected chi connectivity index (χ1v) is 9.67. The third kappa shape index (κ3) is 7.78. The van der Waals surface area contributed by atoms with Gasteiger partial charge in [-0.2, -0.15) is 0 Å². The van der Waals surface area contributed by atoms with Gasteiger partial charge in [0.25, 0.3) is 0 Å². The number of carbonyl (C=O) groups excluding carboxylic acids is 2. The molecule has 5 N–H and O–H groups in total. The minimum absolute atomic E-state index is 0.319. The van der Waals surface area contributed by atoms with Gasteiger partial charge in [-0.3, -0.25) is 14.6 Å². The van der Waals surface area contributed by atoms with Gasteiger partial charge in [0.2, 0.25) is 12.3 Å². The Morgan fingerprint density at radius 2 is 1.86 bits per heavy atom. The van der Waals surface area contributed by atoms with Gasteiger partial charge < -0.3 is 21.7 Å². The highest BCUT2D eigenvalue weighted by Gasteiger charge is 2.25. The number of hydrogen-bond donors (Lipinski definition) is 3. The molecule has 0 bridgehead atoms. The van der Waals surface area contributed by atoms with E-state index in [9.17, 15) is 9.59 Å². The van der Waals surface area contributed by atoms with Crippen LogP contribution >= 0.6 is 0 Å². The molecular weight excluding hydrogens is 354 g/mol. The molecule has 1 aromatic rings. The molecule has 0 radical (unpaired) electrons. The fourth-order valence-corrected chi connectivity index (χ4v) is 2.70. The minimum Gasteiger partial charge on any atom is -0.366 e. The highest BCUT2D eigenvalue weighted by Crippen LogP contribution is 2.29. The van der Waals surface area contributed by atoms with Crippen LogP contribution in [0, 0.1) is 12.3 Å². The van der Waals surface area contributed by atoms with Gasteiger partial charge in [-0.25, -0.2) is 0 Å². The van der Waals surface area contributed by atoms with Crippen molar-refractivity contribution in [2.24, 2.45) is 16.9 Å². The number of nitrogens with one attached hydrogen (secondary N) is 1. The van der Waals surface area contributed by atoms with E-state index in [0.717, 1.165) is 23.5 Å². The van der Waals surface area contributed by atoms with Crippen LogP contribution in [0.3, 0.4) is 0 Å². The maximum atomic E-state index is 11.2. The van der Waals surface area contributed by atoms with Crippen LogP contribution in [0.5, 0.6) is 0 Å². The first-order chi connectivity index (χ1) is 13.1. The molecule has 1 aliphatic carbocycles. The van der Waals surface area contributed by atoms with Crippen LogP contribution in [-0.2, 0) is 16.0 Å². The molecular formula is C21H35N5O2. The van der Waals surface area contributed by atoms with Gasteiger partial charge >= 0.3 is 0 Å². The number of pyridine rings is 1. The van der Waals surface area contributed by atoms with E-state index in [1.807, 2.05) is 19.1 Å². The zero-order valence-corrected chi connectivity index (χ0v) is 17.8. The van der Waals surface area contributed by atoms with Crippen molar-refractivity contribution >= 4 is 18.0 Å². The third-order valence-corrected chi connectivity index (χ3v) is 4.47. The number of aryl methyl sites for hydroxylation is 1. The molecule has 0 unspecified atom stereocenters. The number of aromatic nitrogens is 1. The lowest BCUT2D eigenvalue weighted by Gasteiger charge is -2.12. The van der Waals surface area contributed by atoms with Gasteiger partial charge in [0.1, 0.15) is 0 Å². The zero-order chi connectivity index (χ0) is 21.3. The number of carbonyl (C=O) groups is 2. The molecule has 2 heterocycles. The summed E-state index contributed by atoms with van der Waals surface area (Å²) >= 11 is 0. The number of nitrogens with two attached hydrogens (primary N) is 2. The summed E-state index contributed by atoms with van der Waals surface area (Å²) in [4.78, 5) is 28.4. The zero-order valence-electron chi connectivity index (χ0n) is 17.8. The average Bonchev–Trinajstić information content (AvgIpc) is 3.22. The van der Waals surface area contributed by atoms with Crippen molar-refractivity contribution in [3.63, 3.8) is 0 Å². The van der Waals surface area contributed by atoms with Gasteiger partial charge in [0.05, 0.1) is 11.4 Å². The van der Waals surface area contributed by atoms with Crippen LogP contribution in [0.15, 0.2) is 17.7 Å². The molecule has 0 saturated carbocycles. The summed E-state index contributed by atoms with van der Waals surface area (Å²) in [6.45, 7) is 11.6. The molecule has 0 aromatic carbocycles. The Kier molecular flexibility index (Phi) is 9.28. The van der Waals surface area contributed by atoms with Crippen molar-refractivity contribution in [2.75, 3.05) is 26.7 Å². The van der Waals surface area contributed by atoms with Crippen molar-refractivity contribution < 1.29 is 9.59 Å². The Balaban J connectivity index is 0.000000268. The second-order valence-electron chi connectivity index (χ2n) is 8.38. The van der Waals surface area contributed by atoms with Gasteiger partial charge in [-0.1, -0.05) is 20.8 Å². The fraction of sp³-hybridized carbons (Fsp3) is 0.571. The molecule has 156 valence electrons. The van der Waals surface area contributed by atoms with Crippen LogP contribution in [0.2, 0.25) is 0 Å². The highest BCUT2D eigenvalue weighted by atomic mass is 16.1. The summed E-state index contributed by atoms with van der Waals surface area (Å²) in [6, 6.07) is 3.66. The van der Waals surface area contributed by atoms with E-state index >= 15 is 0 Å². The molecule has 7 nitrogen and oxygen atoms in total. The van der Waals surface area contributed by atoms with Crippen LogP contribution in [0.4, 0.5) is 0 Å². The number of amides is 2. The smallest absolute Gasteiger partial charge is 0.247 e. The average molecular weight is 390 g/mol. The first kappa shape index (κ1) is 23.8. The lowest BCUT2D eigenvalue weighted by atomic mass is 9.98. The summed E-state index contributed by atoms with van der Waals surface area (Å²) in [6.07, 6.45) is 3.74.